The Bertz CT molecular complexity index is 233. The van der Waals surface area contributed by atoms with Crippen LogP contribution in [0.1, 0.15) is 72.1 Å². The first-order chi connectivity index (χ1) is 8.14. The maximum atomic E-state index is 12.5. The molecule has 0 aromatic carbocycles. The number of nitrogens with one attached hydrogen (secondary N) is 1. The molecule has 0 spiro atoms. The van der Waals surface area contributed by atoms with Crippen LogP contribution in [0.25, 0.3) is 0 Å². The molecule has 100 valence electrons. The zero-order valence-electron chi connectivity index (χ0n) is 11.8. The van der Waals surface area contributed by atoms with Gasteiger partial charge >= 0.3 is 0 Å². The van der Waals surface area contributed by atoms with Crippen LogP contribution in [0, 0.1) is 5.41 Å². The van der Waals surface area contributed by atoms with Crippen molar-refractivity contribution in [1.29, 1.82) is 0 Å². The highest BCUT2D eigenvalue weighted by molar-refractivity contribution is 5.89. The fraction of sp³-hybridized carbons (Fsp3) is 0.933. The van der Waals surface area contributed by atoms with Crippen molar-refractivity contribution in [2.24, 2.45) is 5.41 Å². The highest BCUT2D eigenvalue weighted by atomic mass is 16.1. The molecule has 1 fully saturated rings. The molecular weight excluding hydrogens is 210 g/mol. The van der Waals surface area contributed by atoms with Gasteiger partial charge in [0.25, 0.3) is 0 Å². The van der Waals surface area contributed by atoms with Gasteiger partial charge in [0.2, 0.25) is 0 Å². The number of hydrogen-bond donors (Lipinski definition) is 1. The van der Waals surface area contributed by atoms with E-state index in [1.165, 1.54) is 25.7 Å². The van der Waals surface area contributed by atoms with Crippen LogP contribution in [0.2, 0.25) is 0 Å². The molecule has 2 atom stereocenters. The second kappa shape index (κ2) is 7.15. The highest BCUT2D eigenvalue weighted by Gasteiger charge is 2.36. The lowest BCUT2D eigenvalue weighted by Gasteiger charge is -2.29. The lowest BCUT2D eigenvalue weighted by molar-refractivity contribution is -0.130. The van der Waals surface area contributed by atoms with Gasteiger partial charge in [-0.15, -0.1) is 0 Å². The van der Waals surface area contributed by atoms with Crippen molar-refractivity contribution in [2.45, 2.75) is 78.2 Å². The van der Waals surface area contributed by atoms with Gasteiger partial charge in [-0.2, -0.15) is 0 Å². The third-order valence-corrected chi connectivity index (χ3v) is 4.33. The van der Waals surface area contributed by atoms with Gasteiger partial charge in [0.15, 0.2) is 5.78 Å². The van der Waals surface area contributed by atoms with Crippen LogP contribution in [0.5, 0.6) is 0 Å². The molecular formula is C15H29NO. The molecule has 2 unspecified atom stereocenters. The second-order valence-corrected chi connectivity index (χ2v) is 5.74. The first-order valence-electron chi connectivity index (χ1n) is 7.41. The van der Waals surface area contributed by atoms with Crippen LogP contribution in [-0.2, 0) is 4.79 Å². The van der Waals surface area contributed by atoms with Crippen LogP contribution < -0.4 is 5.32 Å². The Morgan fingerprint density at radius 3 is 2.59 bits per heavy atom. The Morgan fingerprint density at radius 2 is 2.06 bits per heavy atom. The lowest BCUT2D eigenvalue weighted by atomic mass is 9.75. The average molecular weight is 239 g/mol. The molecule has 1 rings (SSSR count). The van der Waals surface area contributed by atoms with Gasteiger partial charge in [-0.25, -0.2) is 0 Å². The predicted molar refractivity (Wildman–Crippen MR) is 73.2 cm³/mol. The van der Waals surface area contributed by atoms with E-state index in [1.54, 1.807) is 0 Å². The maximum Gasteiger partial charge on any atom is 0.155 e. The summed E-state index contributed by atoms with van der Waals surface area (Å²) in [6.07, 6.45) is 9.30. The molecule has 0 saturated carbocycles. The summed E-state index contributed by atoms with van der Waals surface area (Å²) in [7, 11) is 0. The first kappa shape index (κ1) is 14.7. The Morgan fingerprint density at radius 1 is 1.29 bits per heavy atom. The largest absolute Gasteiger partial charge is 0.307 e. The minimum atomic E-state index is -0.0876. The quantitative estimate of drug-likeness (QED) is 0.654. The number of Topliss-reactive ketones (excluding diaryl/α,β-unsaturated/α-hetero) is 1. The van der Waals surface area contributed by atoms with Crippen LogP contribution in [0.15, 0.2) is 0 Å². The summed E-state index contributed by atoms with van der Waals surface area (Å²) < 4.78 is 0. The van der Waals surface area contributed by atoms with Crippen molar-refractivity contribution in [3.63, 3.8) is 0 Å². The Labute approximate surface area is 107 Å². The Hall–Kier alpha value is -0.370. The third-order valence-electron chi connectivity index (χ3n) is 4.33. The van der Waals surface area contributed by atoms with E-state index in [2.05, 4.69) is 26.1 Å². The summed E-state index contributed by atoms with van der Waals surface area (Å²) in [6.45, 7) is 7.58. The predicted octanol–water partition coefficient (Wildman–Crippen LogP) is 3.69. The van der Waals surface area contributed by atoms with E-state index in [0.29, 0.717) is 5.78 Å². The van der Waals surface area contributed by atoms with Crippen molar-refractivity contribution >= 4 is 5.78 Å². The summed E-state index contributed by atoms with van der Waals surface area (Å²) in [4.78, 5) is 12.5. The average Bonchev–Trinajstić information content (AvgIpc) is 2.87. The van der Waals surface area contributed by atoms with Crippen molar-refractivity contribution in [2.75, 3.05) is 6.54 Å². The summed E-state index contributed by atoms with van der Waals surface area (Å²) >= 11 is 0. The van der Waals surface area contributed by atoms with Crippen molar-refractivity contribution < 1.29 is 4.79 Å². The second-order valence-electron chi connectivity index (χ2n) is 5.74. The molecule has 0 aromatic rings. The SMILES string of the molecule is CCCCCCC(C)(CC)C(=O)C1CCCN1. The molecule has 1 saturated heterocycles. The molecule has 1 aliphatic rings. The maximum absolute atomic E-state index is 12.5. The lowest BCUT2D eigenvalue weighted by Crippen LogP contribution is -2.41. The van der Waals surface area contributed by atoms with Crippen LogP contribution in [0.3, 0.4) is 0 Å². The first-order valence-corrected chi connectivity index (χ1v) is 7.41. The summed E-state index contributed by atoms with van der Waals surface area (Å²) in [5.74, 6) is 0.467. The standard InChI is InChI=1S/C15H29NO/c1-4-6-7-8-11-15(3,5-2)14(17)13-10-9-12-16-13/h13,16H,4-12H2,1-3H3. The number of carbonyl (C=O) groups excluding carboxylic acids is 1. The number of rotatable bonds is 8. The smallest absolute Gasteiger partial charge is 0.155 e. The number of hydrogen-bond acceptors (Lipinski definition) is 2. The molecule has 0 radical (unpaired) electrons. The monoisotopic (exact) mass is 239 g/mol. The zero-order valence-corrected chi connectivity index (χ0v) is 11.8. The number of carbonyl (C=O) groups is 1. The molecule has 0 amide bonds. The minimum absolute atomic E-state index is 0.0876. The van der Waals surface area contributed by atoms with E-state index < -0.39 is 0 Å². The van der Waals surface area contributed by atoms with Gasteiger partial charge in [0.05, 0.1) is 6.04 Å². The molecule has 2 heteroatoms. The van der Waals surface area contributed by atoms with Gasteiger partial charge in [0, 0.05) is 5.41 Å². The van der Waals surface area contributed by atoms with Gasteiger partial charge < -0.3 is 5.32 Å². The van der Waals surface area contributed by atoms with Crippen LogP contribution in [-0.4, -0.2) is 18.4 Å². The summed E-state index contributed by atoms with van der Waals surface area (Å²) in [5, 5.41) is 3.35. The zero-order chi connectivity index (χ0) is 12.7. The molecule has 0 aromatic heterocycles. The molecule has 2 nitrogen and oxygen atoms in total. The molecule has 17 heavy (non-hydrogen) atoms. The Kier molecular flexibility index (Phi) is 6.18. The third kappa shape index (κ3) is 4.09. The van der Waals surface area contributed by atoms with Crippen LogP contribution >= 0.6 is 0 Å². The van der Waals surface area contributed by atoms with Gasteiger partial charge in [-0.3, -0.25) is 4.79 Å². The minimum Gasteiger partial charge on any atom is -0.307 e. The molecule has 1 aliphatic heterocycles. The highest BCUT2D eigenvalue weighted by Crippen LogP contribution is 2.32. The van der Waals surface area contributed by atoms with E-state index in [4.69, 9.17) is 0 Å². The van der Waals surface area contributed by atoms with Crippen molar-refractivity contribution in [3.05, 3.63) is 0 Å². The molecule has 1 heterocycles. The van der Waals surface area contributed by atoms with Gasteiger partial charge in [0.1, 0.15) is 0 Å². The van der Waals surface area contributed by atoms with Crippen molar-refractivity contribution in [3.8, 4) is 0 Å². The van der Waals surface area contributed by atoms with Gasteiger partial charge in [-0.05, 0) is 32.2 Å². The van der Waals surface area contributed by atoms with E-state index in [-0.39, 0.29) is 11.5 Å². The molecule has 0 bridgehead atoms. The number of ketones is 1. The fourth-order valence-electron chi connectivity index (χ4n) is 2.75. The Balaban J connectivity index is 2.44. The topological polar surface area (TPSA) is 29.1 Å². The van der Waals surface area contributed by atoms with E-state index in [9.17, 15) is 4.79 Å². The number of unbranched alkanes of at least 4 members (excludes halogenated alkanes) is 3. The van der Waals surface area contributed by atoms with Gasteiger partial charge in [-0.1, -0.05) is 46.5 Å². The fourth-order valence-corrected chi connectivity index (χ4v) is 2.75. The van der Waals surface area contributed by atoms with Crippen LogP contribution in [0.4, 0.5) is 0 Å². The molecule has 1 N–H and O–H groups in total. The summed E-state index contributed by atoms with van der Waals surface area (Å²) in [6, 6.07) is 0.145. The van der Waals surface area contributed by atoms with E-state index >= 15 is 0 Å². The molecule has 0 aliphatic carbocycles. The van der Waals surface area contributed by atoms with E-state index in [0.717, 1.165) is 32.2 Å². The van der Waals surface area contributed by atoms with Crippen molar-refractivity contribution in [1.82, 2.24) is 5.32 Å². The normalized spacial score (nSPS) is 23.6. The summed E-state index contributed by atoms with van der Waals surface area (Å²) in [5.41, 5.74) is -0.0876. The van der Waals surface area contributed by atoms with E-state index in [1.807, 2.05) is 0 Å².